The van der Waals surface area contributed by atoms with Gasteiger partial charge in [0, 0.05) is 22.7 Å². The second-order valence-corrected chi connectivity index (χ2v) is 5.44. The first-order chi connectivity index (χ1) is 11.2. The lowest BCUT2D eigenvalue weighted by Crippen LogP contribution is -2.47. The zero-order valence-corrected chi connectivity index (χ0v) is 12.2. The number of aromatic amines is 1. The second kappa shape index (κ2) is 5.28. The van der Waals surface area contributed by atoms with Crippen molar-refractivity contribution in [2.24, 2.45) is 0 Å². The summed E-state index contributed by atoms with van der Waals surface area (Å²) in [4.78, 5) is 28.1. The van der Waals surface area contributed by atoms with Gasteiger partial charge < -0.3 is 15.0 Å². The van der Waals surface area contributed by atoms with Crippen molar-refractivity contribution in [3.8, 4) is 5.75 Å². The average molecular weight is 306 g/mol. The summed E-state index contributed by atoms with van der Waals surface area (Å²) in [6, 6.07) is 13.7. The first-order valence-electron chi connectivity index (χ1n) is 7.37. The molecule has 5 nitrogen and oxygen atoms in total. The van der Waals surface area contributed by atoms with Crippen LogP contribution < -0.4 is 10.1 Å². The Labute approximate surface area is 132 Å². The first-order valence-corrected chi connectivity index (χ1v) is 7.37. The molecule has 0 bridgehead atoms. The number of benzene rings is 2. The van der Waals surface area contributed by atoms with E-state index in [1.54, 1.807) is 30.5 Å². The van der Waals surface area contributed by atoms with Crippen molar-refractivity contribution < 1.29 is 14.3 Å². The molecule has 1 unspecified atom stereocenters. The lowest BCUT2D eigenvalue weighted by atomic mass is 10.0. The summed E-state index contributed by atoms with van der Waals surface area (Å²) in [6.07, 6.45) is 1.78. The molecule has 23 heavy (non-hydrogen) atoms. The number of Topliss-reactive ketones (excluding diaryl/α,β-unsaturated/α-hetero) is 1. The summed E-state index contributed by atoms with van der Waals surface area (Å²) in [6.45, 7) is 0.144. The number of H-pyrrole nitrogens is 1. The van der Waals surface area contributed by atoms with Gasteiger partial charge in [-0.3, -0.25) is 9.59 Å². The van der Waals surface area contributed by atoms with Gasteiger partial charge in [0.15, 0.2) is 5.78 Å². The quantitative estimate of drug-likeness (QED) is 0.764. The molecule has 0 saturated heterocycles. The number of amides is 1. The number of hydrogen-bond donors (Lipinski definition) is 2. The highest BCUT2D eigenvalue weighted by molar-refractivity contribution is 6.10. The lowest BCUT2D eigenvalue weighted by molar-refractivity contribution is 0.0796. The SMILES string of the molecule is O=C(NC1COc2ccccc2C1=O)c1cccc2[nH]ccc12. The third kappa shape index (κ3) is 2.26. The van der Waals surface area contributed by atoms with Crippen LogP contribution in [0.2, 0.25) is 0 Å². The molecule has 1 aliphatic heterocycles. The number of nitrogens with one attached hydrogen (secondary N) is 2. The average Bonchev–Trinajstić information content (AvgIpc) is 3.06. The Bertz CT molecular complexity index is 913. The number of carbonyl (C=O) groups is 2. The molecule has 1 atom stereocenters. The Kier molecular flexibility index (Phi) is 3.12. The van der Waals surface area contributed by atoms with Crippen LogP contribution in [0.4, 0.5) is 0 Å². The number of hydrogen-bond acceptors (Lipinski definition) is 3. The van der Waals surface area contributed by atoms with Crippen LogP contribution in [0.25, 0.3) is 10.9 Å². The molecule has 4 rings (SSSR count). The Morgan fingerprint density at radius 3 is 2.91 bits per heavy atom. The Morgan fingerprint density at radius 1 is 1.13 bits per heavy atom. The summed E-state index contributed by atoms with van der Waals surface area (Å²) >= 11 is 0. The minimum atomic E-state index is -0.674. The molecule has 3 aromatic rings. The zero-order valence-electron chi connectivity index (χ0n) is 12.2. The summed E-state index contributed by atoms with van der Waals surface area (Å²) in [5.74, 6) is 0.161. The first kappa shape index (κ1) is 13.6. The van der Waals surface area contributed by atoms with E-state index < -0.39 is 6.04 Å². The molecule has 0 radical (unpaired) electrons. The van der Waals surface area contributed by atoms with Crippen molar-refractivity contribution in [2.75, 3.05) is 6.61 Å². The minimum absolute atomic E-state index is 0.124. The molecule has 2 N–H and O–H groups in total. The monoisotopic (exact) mass is 306 g/mol. The van der Waals surface area contributed by atoms with Crippen LogP contribution in [0.3, 0.4) is 0 Å². The van der Waals surface area contributed by atoms with Crippen LogP contribution in [0.15, 0.2) is 54.7 Å². The van der Waals surface area contributed by atoms with Crippen LogP contribution in [-0.4, -0.2) is 29.3 Å². The van der Waals surface area contributed by atoms with Crippen LogP contribution in [0.5, 0.6) is 5.75 Å². The third-order valence-corrected chi connectivity index (χ3v) is 4.02. The van der Waals surface area contributed by atoms with E-state index in [0.29, 0.717) is 16.9 Å². The van der Waals surface area contributed by atoms with E-state index in [4.69, 9.17) is 4.74 Å². The van der Waals surface area contributed by atoms with Gasteiger partial charge >= 0.3 is 0 Å². The van der Waals surface area contributed by atoms with Crippen LogP contribution in [0.1, 0.15) is 20.7 Å². The van der Waals surface area contributed by atoms with E-state index in [-0.39, 0.29) is 18.3 Å². The Morgan fingerprint density at radius 2 is 2.00 bits per heavy atom. The molecular formula is C18H14N2O3. The molecule has 114 valence electrons. The number of carbonyl (C=O) groups excluding carboxylic acids is 2. The summed E-state index contributed by atoms with van der Waals surface area (Å²) in [7, 11) is 0. The number of rotatable bonds is 2. The Hall–Kier alpha value is -3.08. The molecule has 0 spiro atoms. The smallest absolute Gasteiger partial charge is 0.252 e. The van der Waals surface area contributed by atoms with Crippen molar-refractivity contribution in [1.82, 2.24) is 10.3 Å². The maximum absolute atomic E-state index is 12.5. The molecule has 1 aliphatic rings. The lowest BCUT2D eigenvalue weighted by Gasteiger charge is -2.24. The number of ketones is 1. The predicted octanol–water partition coefficient (Wildman–Crippen LogP) is 2.54. The van der Waals surface area contributed by atoms with Crippen molar-refractivity contribution in [2.45, 2.75) is 6.04 Å². The van der Waals surface area contributed by atoms with Crippen LogP contribution in [0, 0.1) is 0 Å². The molecule has 1 aromatic heterocycles. The molecule has 1 amide bonds. The van der Waals surface area contributed by atoms with E-state index in [9.17, 15) is 9.59 Å². The number of para-hydroxylation sites is 1. The standard InChI is InChI=1S/C18H14N2O3/c21-17-13-4-1-2-7-16(13)23-10-15(17)20-18(22)12-5-3-6-14-11(12)8-9-19-14/h1-9,15,19H,10H2,(H,20,22). The zero-order chi connectivity index (χ0) is 15.8. The van der Waals surface area contributed by atoms with E-state index in [1.165, 1.54) is 0 Å². The van der Waals surface area contributed by atoms with Crippen LogP contribution >= 0.6 is 0 Å². The highest BCUT2D eigenvalue weighted by Crippen LogP contribution is 2.24. The Balaban J connectivity index is 1.60. The van der Waals surface area contributed by atoms with Crippen molar-refractivity contribution in [1.29, 1.82) is 0 Å². The van der Waals surface area contributed by atoms with Gasteiger partial charge in [-0.2, -0.15) is 0 Å². The maximum Gasteiger partial charge on any atom is 0.252 e. The third-order valence-electron chi connectivity index (χ3n) is 4.02. The van der Waals surface area contributed by atoms with Gasteiger partial charge in [-0.05, 0) is 30.3 Å². The van der Waals surface area contributed by atoms with E-state index in [0.717, 1.165) is 10.9 Å². The van der Waals surface area contributed by atoms with Gasteiger partial charge in [0.25, 0.3) is 5.91 Å². The van der Waals surface area contributed by atoms with Gasteiger partial charge in [-0.1, -0.05) is 18.2 Å². The van der Waals surface area contributed by atoms with Gasteiger partial charge in [0.05, 0.1) is 5.56 Å². The predicted molar refractivity (Wildman–Crippen MR) is 85.8 cm³/mol. The summed E-state index contributed by atoms with van der Waals surface area (Å²) in [5.41, 5.74) is 1.92. The number of aromatic nitrogens is 1. The second-order valence-electron chi connectivity index (χ2n) is 5.44. The van der Waals surface area contributed by atoms with Crippen molar-refractivity contribution in [3.63, 3.8) is 0 Å². The van der Waals surface area contributed by atoms with Crippen molar-refractivity contribution >= 4 is 22.6 Å². The van der Waals surface area contributed by atoms with E-state index >= 15 is 0 Å². The molecule has 2 heterocycles. The molecule has 0 fully saturated rings. The molecular weight excluding hydrogens is 292 g/mol. The summed E-state index contributed by atoms with van der Waals surface area (Å²) in [5, 5.41) is 3.61. The fourth-order valence-corrected chi connectivity index (χ4v) is 2.86. The molecule has 2 aromatic carbocycles. The van der Waals surface area contributed by atoms with Crippen LogP contribution in [-0.2, 0) is 0 Å². The van der Waals surface area contributed by atoms with E-state index in [2.05, 4.69) is 10.3 Å². The van der Waals surface area contributed by atoms with Crippen molar-refractivity contribution in [3.05, 3.63) is 65.9 Å². The number of fused-ring (bicyclic) bond motifs is 2. The highest BCUT2D eigenvalue weighted by Gasteiger charge is 2.30. The normalized spacial score (nSPS) is 16.7. The molecule has 0 saturated carbocycles. The fraction of sp³-hybridized carbons (Fsp3) is 0.111. The van der Waals surface area contributed by atoms with Gasteiger partial charge in [-0.15, -0.1) is 0 Å². The maximum atomic E-state index is 12.5. The van der Waals surface area contributed by atoms with E-state index in [1.807, 2.05) is 24.3 Å². The number of ether oxygens (including phenoxy) is 1. The fourth-order valence-electron chi connectivity index (χ4n) is 2.86. The van der Waals surface area contributed by atoms with Gasteiger partial charge in [0.2, 0.25) is 0 Å². The molecule has 0 aliphatic carbocycles. The minimum Gasteiger partial charge on any atom is -0.490 e. The van der Waals surface area contributed by atoms with Gasteiger partial charge in [-0.25, -0.2) is 0 Å². The molecule has 5 heteroatoms. The topological polar surface area (TPSA) is 71.2 Å². The van der Waals surface area contributed by atoms with Gasteiger partial charge in [0.1, 0.15) is 18.4 Å². The highest BCUT2D eigenvalue weighted by atomic mass is 16.5. The largest absolute Gasteiger partial charge is 0.490 e. The summed E-state index contributed by atoms with van der Waals surface area (Å²) < 4.78 is 5.57.